The highest BCUT2D eigenvalue weighted by Gasteiger charge is 2.64. The van der Waals surface area contributed by atoms with E-state index in [1.807, 2.05) is 5.32 Å². The van der Waals surface area contributed by atoms with Crippen molar-refractivity contribution in [2.24, 2.45) is 5.92 Å². The van der Waals surface area contributed by atoms with Gasteiger partial charge in [0.25, 0.3) is 5.91 Å². The van der Waals surface area contributed by atoms with Gasteiger partial charge in [-0.2, -0.15) is 13.2 Å². The molecule has 0 aromatic heterocycles. The summed E-state index contributed by atoms with van der Waals surface area (Å²) in [5, 5.41) is 12.2. The number of alkyl halides is 3. The number of aliphatic hydroxyl groups is 1. The Morgan fingerprint density at radius 1 is 1.38 bits per heavy atom. The number of nitrogens with one attached hydrogen (secondary N) is 2. The largest absolute Gasteiger partial charge is 0.446 e. The lowest BCUT2D eigenvalue weighted by molar-refractivity contribution is -0.264. The van der Waals surface area contributed by atoms with Crippen molar-refractivity contribution in [3.05, 3.63) is 0 Å². The molecule has 0 unspecified atom stereocenters. The van der Waals surface area contributed by atoms with E-state index < -0.39 is 29.8 Å². The molecule has 1 fully saturated rings. The van der Waals surface area contributed by atoms with Crippen LogP contribution in [0.4, 0.5) is 13.2 Å². The quantitative estimate of drug-likeness (QED) is 0.578. The zero-order valence-electron chi connectivity index (χ0n) is 8.55. The molecule has 3 N–H and O–H groups in total. The highest BCUT2D eigenvalue weighted by molar-refractivity contribution is 5.99. The van der Waals surface area contributed by atoms with E-state index >= 15 is 0 Å². The van der Waals surface area contributed by atoms with Crippen LogP contribution in [-0.4, -0.2) is 34.9 Å². The predicted octanol–water partition coefficient (Wildman–Crippen LogP) is -0.492. The molecule has 0 radical (unpaired) electrons. The summed E-state index contributed by atoms with van der Waals surface area (Å²) in [7, 11) is 0. The molecule has 1 saturated heterocycles. The molecule has 0 aliphatic carbocycles. The fourth-order valence-corrected chi connectivity index (χ4v) is 1.29. The summed E-state index contributed by atoms with van der Waals surface area (Å²) in [5.74, 6) is -3.10. The van der Waals surface area contributed by atoms with Gasteiger partial charge in [-0.25, -0.2) is 0 Å². The molecule has 5 nitrogen and oxygen atoms in total. The summed E-state index contributed by atoms with van der Waals surface area (Å²) in [5.41, 5.74) is -3.84. The van der Waals surface area contributed by atoms with Crippen molar-refractivity contribution in [2.45, 2.75) is 31.8 Å². The Bertz CT molecular complexity index is 329. The monoisotopic (exact) mass is 240 g/mol. The normalized spacial score (nSPS) is 31.3. The maximum absolute atomic E-state index is 12.4. The third kappa shape index (κ3) is 1.84. The lowest BCUT2D eigenvalue weighted by Gasteiger charge is -2.37. The van der Waals surface area contributed by atoms with E-state index in [9.17, 15) is 22.8 Å². The molecule has 0 saturated carbocycles. The van der Waals surface area contributed by atoms with Gasteiger partial charge < -0.3 is 15.7 Å². The Labute approximate surface area is 89.0 Å². The van der Waals surface area contributed by atoms with Gasteiger partial charge in [-0.1, -0.05) is 13.8 Å². The van der Waals surface area contributed by atoms with Crippen LogP contribution < -0.4 is 10.6 Å². The first-order valence-corrected chi connectivity index (χ1v) is 4.51. The summed E-state index contributed by atoms with van der Waals surface area (Å²) < 4.78 is 37.1. The number of hydrogen-bond donors (Lipinski definition) is 3. The zero-order valence-corrected chi connectivity index (χ0v) is 8.55. The van der Waals surface area contributed by atoms with Crippen molar-refractivity contribution < 1.29 is 27.9 Å². The molecule has 0 aromatic carbocycles. The second-order valence-corrected chi connectivity index (χ2v) is 3.89. The van der Waals surface area contributed by atoms with Gasteiger partial charge in [-0.05, 0) is 5.92 Å². The number of carbonyl (C=O) groups is 2. The van der Waals surface area contributed by atoms with Gasteiger partial charge in [-0.15, -0.1) is 0 Å². The standard InChI is InChI=1S/C8H11F3N2O3/c1-3(2)4-5(14)13-7(16,6(15)12-4)8(9,10)11/h3-4,16H,1-2H3,(H,12,15)(H,13,14)/t4-,7-/m0/s1. The van der Waals surface area contributed by atoms with Crippen LogP contribution >= 0.6 is 0 Å². The van der Waals surface area contributed by atoms with Crippen molar-refractivity contribution in [3.63, 3.8) is 0 Å². The minimum atomic E-state index is -5.26. The number of amides is 2. The van der Waals surface area contributed by atoms with Crippen molar-refractivity contribution in [1.82, 2.24) is 10.6 Å². The van der Waals surface area contributed by atoms with E-state index in [1.54, 1.807) is 13.8 Å². The lowest BCUT2D eigenvalue weighted by atomic mass is 9.98. The molecule has 0 bridgehead atoms. The first-order valence-electron chi connectivity index (χ1n) is 4.51. The molecule has 1 aliphatic heterocycles. The van der Waals surface area contributed by atoms with Crippen LogP contribution in [0.15, 0.2) is 0 Å². The van der Waals surface area contributed by atoms with Gasteiger partial charge in [-0.3, -0.25) is 9.59 Å². The molecular weight excluding hydrogens is 229 g/mol. The summed E-state index contributed by atoms with van der Waals surface area (Å²) in [6, 6.07) is -1.07. The second-order valence-electron chi connectivity index (χ2n) is 3.89. The Balaban J connectivity index is 2.99. The van der Waals surface area contributed by atoms with Gasteiger partial charge in [0.05, 0.1) is 0 Å². The molecular formula is C8H11F3N2O3. The van der Waals surface area contributed by atoms with E-state index in [2.05, 4.69) is 0 Å². The summed E-state index contributed by atoms with van der Waals surface area (Å²) in [6.45, 7) is 3.12. The average molecular weight is 240 g/mol. The summed E-state index contributed by atoms with van der Waals surface area (Å²) in [4.78, 5) is 22.4. The van der Waals surface area contributed by atoms with Crippen LogP contribution in [0.1, 0.15) is 13.8 Å². The third-order valence-corrected chi connectivity index (χ3v) is 2.28. The molecule has 1 heterocycles. The van der Waals surface area contributed by atoms with Gasteiger partial charge in [0, 0.05) is 0 Å². The third-order valence-electron chi connectivity index (χ3n) is 2.28. The number of hydrogen-bond acceptors (Lipinski definition) is 3. The highest BCUT2D eigenvalue weighted by atomic mass is 19.4. The maximum atomic E-state index is 12.4. The van der Waals surface area contributed by atoms with E-state index in [-0.39, 0.29) is 5.92 Å². The van der Waals surface area contributed by atoms with Crippen molar-refractivity contribution in [3.8, 4) is 0 Å². The van der Waals surface area contributed by atoms with Crippen LogP contribution in [-0.2, 0) is 9.59 Å². The topological polar surface area (TPSA) is 78.4 Å². The SMILES string of the molecule is CC(C)[C@@H]1NC(=O)[C@](O)(C(F)(F)F)NC1=O. The van der Waals surface area contributed by atoms with Gasteiger partial charge >= 0.3 is 11.9 Å². The Morgan fingerprint density at radius 3 is 2.25 bits per heavy atom. The maximum Gasteiger partial charge on any atom is 0.446 e. The minimum absolute atomic E-state index is 0.373. The van der Waals surface area contributed by atoms with Crippen LogP contribution in [0, 0.1) is 5.92 Å². The van der Waals surface area contributed by atoms with E-state index in [0.717, 1.165) is 0 Å². The van der Waals surface area contributed by atoms with Crippen LogP contribution in [0.3, 0.4) is 0 Å². The van der Waals surface area contributed by atoms with Crippen molar-refractivity contribution >= 4 is 11.8 Å². The van der Waals surface area contributed by atoms with E-state index in [4.69, 9.17) is 5.11 Å². The number of carbonyl (C=O) groups excluding carboxylic acids is 2. The fourth-order valence-electron chi connectivity index (χ4n) is 1.29. The Hall–Kier alpha value is -1.31. The molecule has 0 aromatic rings. The van der Waals surface area contributed by atoms with E-state index in [0.29, 0.717) is 0 Å². The van der Waals surface area contributed by atoms with Crippen LogP contribution in [0.5, 0.6) is 0 Å². The molecule has 92 valence electrons. The number of halogens is 3. The zero-order chi connectivity index (χ0) is 12.7. The van der Waals surface area contributed by atoms with Crippen LogP contribution in [0.25, 0.3) is 0 Å². The van der Waals surface area contributed by atoms with Gasteiger partial charge in [0.2, 0.25) is 5.91 Å². The highest BCUT2D eigenvalue weighted by Crippen LogP contribution is 2.30. The Morgan fingerprint density at radius 2 is 1.88 bits per heavy atom. The van der Waals surface area contributed by atoms with Crippen molar-refractivity contribution in [1.29, 1.82) is 0 Å². The number of rotatable bonds is 1. The minimum Gasteiger partial charge on any atom is -0.356 e. The summed E-state index contributed by atoms with van der Waals surface area (Å²) in [6.07, 6.45) is -5.26. The van der Waals surface area contributed by atoms with E-state index in [1.165, 1.54) is 5.32 Å². The lowest BCUT2D eigenvalue weighted by Crippen LogP contribution is -2.75. The molecule has 2 atom stereocenters. The average Bonchev–Trinajstić information content (AvgIpc) is 2.08. The van der Waals surface area contributed by atoms with Gasteiger partial charge in [0.15, 0.2) is 0 Å². The first-order chi connectivity index (χ1) is 7.09. The van der Waals surface area contributed by atoms with Gasteiger partial charge in [0.1, 0.15) is 6.04 Å². The Kier molecular flexibility index (Phi) is 2.88. The summed E-state index contributed by atoms with van der Waals surface area (Å²) >= 11 is 0. The second kappa shape index (κ2) is 3.62. The number of piperazine rings is 1. The molecule has 2 amide bonds. The fraction of sp³-hybridized carbons (Fsp3) is 0.750. The van der Waals surface area contributed by atoms with Crippen LogP contribution in [0.2, 0.25) is 0 Å². The molecule has 1 rings (SSSR count). The molecule has 16 heavy (non-hydrogen) atoms. The van der Waals surface area contributed by atoms with Crippen molar-refractivity contribution in [2.75, 3.05) is 0 Å². The molecule has 8 heteroatoms. The molecule has 1 aliphatic rings. The predicted molar refractivity (Wildman–Crippen MR) is 45.9 cm³/mol. The smallest absolute Gasteiger partial charge is 0.356 e. The first kappa shape index (κ1) is 12.8. The molecule has 0 spiro atoms.